The lowest BCUT2D eigenvalue weighted by molar-refractivity contribution is -0.125. The maximum absolute atomic E-state index is 12.4. The molecular weight excluding hydrogens is 270 g/mol. The number of fused-ring (bicyclic) bond motifs is 1. The van der Waals surface area contributed by atoms with Crippen molar-refractivity contribution in [1.82, 2.24) is 10.2 Å². The van der Waals surface area contributed by atoms with Gasteiger partial charge in [-0.15, -0.1) is 0 Å². The van der Waals surface area contributed by atoms with Gasteiger partial charge in [0.1, 0.15) is 12.3 Å². The van der Waals surface area contributed by atoms with Gasteiger partial charge in [-0.25, -0.2) is 0 Å². The van der Waals surface area contributed by atoms with Gasteiger partial charge < -0.3 is 20.7 Å². The van der Waals surface area contributed by atoms with Gasteiger partial charge in [0.15, 0.2) is 0 Å². The highest BCUT2D eigenvalue weighted by molar-refractivity contribution is 6.01. The average molecular weight is 289 g/mol. The molecule has 1 unspecified atom stereocenters. The molecule has 0 radical (unpaired) electrons. The van der Waals surface area contributed by atoms with Crippen LogP contribution in [0.3, 0.4) is 0 Å². The van der Waals surface area contributed by atoms with Crippen molar-refractivity contribution in [2.75, 3.05) is 7.05 Å². The zero-order valence-electron chi connectivity index (χ0n) is 12.0. The maximum Gasteiger partial charge on any atom is 0.255 e. The Kier molecular flexibility index (Phi) is 4.70. The van der Waals surface area contributed by atoms with E-state index in [9.17, 15) is 14.4 Å². The summed E-state index contributed by atoms with van der Waals surface area (Å²) in [7, 11) is 1.52. The van der Waals surface area contributed by atoms with Crippen LogP contribution in [-0.2, 0) is 22.7 Å². The molecule has 0 aromatic heterocycles. The molecule has 112 valence electrons. The third-order valence-corrected chi connectivity index (χ3v) is 3.72. The molecule has 1 aliphatic heterocycles. The van der Waals surface area contributed by atoms with E-state index in [1.165, 1.54) is 11.9 Å². The van der Waals surface area contributed by atoms with Gasteiger partial charge >= 0.3 is 0 Å². The number of aldehydes is 1. The van der Waals surface area contributed by atoms with Gasteiger partial charge in [-0.2, -0.15) is 0 Å². The third-order valence-electron chi connectivity index (χ3n) is 3.72. The van der Waals surface area contributed by atoms with E-state index in [1.54, 1.807) is 6.07 Å². The summed E-state index contributed by atoms with van der Waals surface area (Å²) < 4.78 is 0. The monoisotopic (exact) mass is 289 g/mol. The first-order valence-corrected chi connectivity index (χ1v) is 6.90. The zero-order valence-corrected chi connectivity index (χ0v) is 12.0. The van der Waals surface area contributed by atoms with Gasteiger partial charge in [-0.3, -0.25) is 9.59 Å². The molecule has 6 heteroatoms. The Morgan fingerprint density at radius 1 is 1.52 bits per heavy atom. The van der Waals surface area contributed by atoms with E-state index >= 15 is 0 Å². The second-order valence-electron chi connectivity index (χ2n) is 5.00. The number of hydrogen-bond acceptors (Lipinski definition) is 4. The number of carbonyl (C=O) groups is 3. The van der Waals surface area contributed by atoms with Crippen LogP contribution in [0.25, 0.3) is 0 Å². The first kappa shape index (κ1) is 15.2. The largest absolute Gasteiger partial charge is 0.357 e. The molecule has 1 atom stereocenters. The van der Waals surface area contributed by atoms with Crippen molar-refractivity contribution < 1.29 is 14.4 Å². The normalized spacial score (nSPS) is 14.8. The van der Waals surface area contributed by atoms with E-state index in [4.69, 9.17) is 5.73 Å². The minimum absolute atomic E-state index is 0.173. The summed E-state index contributed by atoms with van der Waals surface area (Å²) in [6, 6.07) is 4.84. The molecule has 21 heavy (non-hydrogen) atoms. The lowest BCUT2D eigenvalue weighted by atomic mass is 10.1. The Hall–Kier alpha value is -2.21. The number of rotatable bonds is 6. The molecule has 0 spiro atoms. The highest BCUT2D eigenvalue weighted by Crippen LogP contribution is 2.27. The SMILES string of the molecule is CNC(=O)C(CCC=O)N1Cc2cc(CN)ccc2C1=O. The molecule has 6 nitrogen and oxygen atoms in total. The summed E-state index contributed by atoms with van der Waals surface area (Å²) in [5.74, 6) is -0.426. The van der Waals surface area contributed by atoms with Crippen molar-refractivity contribution in [2.45, 2.75) is 32.0 Å². The van der Waals surface area contributed by atoms with Crippen LogP contribution < -0.4 is 11.1 Å². The predicted molar refractivity (Wildman–Crippen MR) is 77.4 cm³/mol. The lowest BCUT2D eigenvalue weighted by Gasteiger charge is -2.25. The van der Waals surface area contributed by atoms with Crippen molar-refractivity contribution in [2.24, 2.45) is 5.73 Å². The van der Waals surface area contributed by atoms with E-state index < -0.39 is 6.04 Å². The predicted octanol–water partition coefficient (Wildman–Crippen LogP) is 0.195. The molecule has 1 aromatic carbocycles. The van der Waals surface area contributed by atoms with Crippen LogP contribution in [-0.4, -0.2) is 36.1 Å². The summed E-state index contributed by atoms with van der Waals surface area (Å²) in [4.78, 5) is 36.5. The summed E-state index contributed by atoms with van der Waals surface area (Å²) >= 11 is 0. The fourth-order valence-corrected chi connectivity index (χ4v) is 2.60. The molecule has 0 aliphatic carbocycles. The van der Waals surface area contributed by atoms with Crippen molar-refractivity contribution in [1.29, 1.82) is 0 Å². The van der Waals surface area contributed by atoms with E-state index in [0.717, 1.165) is 17.4 Å². The van der Waals surface area contributed by atoms with Gasteiger partial charge in [0.25, 0.3) is 5.91 Å². The lowest BCUT2D eigenvalue weighted by Crippen LogP contribution is -2.46. The molecule has 1 aliphatic rings. The molecule has 0 fully saturated rings. The highest BCUT2D eigenvalue weighted by atomic mass is 16.2. The van der Waals surface area contributed by atoms with Crippen LogP contribution >= 0.6 is 0 Å². The number of hydrogen-bond donors (Lipinski definition) is 2. The molecule has 2 rings (SSSR count). The molecule has 3 N–H and O–H groups in total. The van der Waals surface area contributed by atoms with Crippen molar-refractivity contribution in [3.63, 3.8) is 0 Å². The number of carbonyl (C=O) groups excluding carboxylic acids is 3. The van der Waals surface area contributed by atoms with Crippen molar-refractivity contribution >= 4 is 18.1 Å². The Morgan fingerprint density at radius 3 is 2.90 bits per heavy atom. The second-order valence-corrected chi connectivity index (χ2v) is 5.00. The van der Waals surface area contributed by atoms with Gasteiger partial charge in [0.2, 0.25) is 5.91 Å². The van der Waals surface area contributed by atoms with Crippen molar-refractivity contribution in [3.05, 3.63) is 34.9 Å². The van der Waals surface area contributed by atoms with Crippen LogP contribution in [0.15, 0.2) is 18.2 Å². The van der Waals surface area contributed by atoms with E-state index in [2.05, 4.69) is 5.32 Å². The van der Waals surface area contributed by atoms with Crippen LogP contribution in [0.5, 0.6) is 0 Å². The van der Waals surface area contributed by atoms with Crippen LogP contribution in [0.2, 0.25) is 0 Å². The quantitative estimate of drug-likeness (QED) is 0.731. The smallest absolute Gasteiger partial charge is 0.255 e. The topological polar surface area (TPSA) is 92.5 Å². The minimum Gasteiger partial charge on any atom is -0.357 e. The minimum atomic E-state index is -0.624. The fourth-order valence-electron chi connectivity index (χ4n) is 2.60. The van der Waals surface area contributed by atoms with E-state index in [0.29, 0.717) is 25.1 Å². The van der Waals surface area contributed by atoms with E-state index in [1.807, 2.05) is 12.1 Å². The van der Waals surface area contributed by atoms with Crippen molar-refractivity contribution in [3.8, 4) is 0 Å². The Morgan fingerprint density at radius 2 is 2.29 bits per heavy atom. The second kappa shape index (κ2) is 6.49. The third kappa shape index (κ3) is 2.95. The van der Waals surface area contributed by atoms with E-state index in [-0.39, 0.29) is 18.2 Å². The summed E-state index contributed by atoms with van der Waals surface area (Å²) in [6.45, 7) is 0.782. The number of nitrogens with zero attached hydrogens (tertiary/aromatic N) is 1. The number of benzene rings is 1. The van der Waals surface area contributed by atoms with Gasteiger partial charge in [0.05, 0.1) is 0 Å². The first-order chi connectivity index (χ1) is 10.1. The van der Waals surface area contributed by atoms with Gasteiger partial charge in [-0.05, 0) is 23.6 Å². The Bertz CT molecular complexity index is 571. The van der Waals surface area contributed by atoms with Crippen LogP contribution in [0, 0.1) is 0 Å². The number of nitrogens with one attached hydrogen (secondary N) is 1. The fraction of sp³-hybridized carbons (Fsp3) is 0.400. The summed E-state index contributed by atoms with van der Waals surface area (Å²) in [5.41, 5.74) is 8.04. The van der Waals surface area contributed by atoms with Crippen LogP contribution in [0.4, 0.5) is 0 Å². The standard InChI is InChI=1S/C15H19N3O3/c1-17-14(20)13(3-2-6-19)18-9-11-7-10(8-16)4-5-12(11)15(18)21/h4-7,13H,2-3,8-9,16H2,1H3,(H,17,20). The van der Waals surface area contributed by atoms with Gasteiger partial charge in [0, 0.05) is 32.1 Å². The Balaban J connectivity index is 2.26. The molecule has 0 saturated carbocycles. The summed E-state index contributed by atoms with van der Waals surface area (Å²) in [6.07, 6.45) is 1.33. The first-order valence-electron chi connectivity index (χ1n) is 6.90. The molecule has 0 saturated heterocycles. The number of nitrogens with two attached hydrogens (primary N) is 1. The number of likely N-dealkylation sites (N-methyl/N-ethyl adjacent to an activating group) is 1. The molecule has 1 heterocycles. The molecular formula is C15H19N3O3. The Labute approximate surface area is 123 Å². The molecule has 1 aromatic rings. The molecule has 2 amide bonds. The summed E-state index contributed by atoms with van der Waals surface area (Å²) in [5, 5.41) is 2.55. The molecule has 0 bridgehead atoms. The maximum atomic E-state index is 12.4. The van der Waals surface area contributed by atoms with Gasteiger partial charge in [-0.1, -0.05) is 12.1 Å². The highest BCUT2D eigenvalue weighted by Gasteiger charge is 2.35. The van der Waals surface area contributed by atoms with Crippen LogP contribution in [0.1, 0.15) is 34.3 Å². The zero-order chi connectivity index (χ0) is 15.4. The average Bonchev–Trinajstić information content (AvgIpc) is 2.83. The number of amides is 2.